The minimum Gasteiger partial charge on any atom is -0.486 e. The van der Waals surface area contributed by atoms with E-state index < -0.39 is 0 Å². The summed E-state index contributed by atoms with van der Waals surface area (Å²) >= 11 is 0. The SMILES string of the molecule is CN(CC(=O)Nc1ccc(F)cc1)CC1COc2ccccc2O1. The van der Waals surface area contributed by atoms with Crippen LogP contribution in [0.2, 0.25) is 0 Å². The number of hydrogen-bond donors (Lipinski definition) is 1. The molecule has 3 rings (SSSR count). The Morgan fingerprint density at radius 1 is 1.21 bits per heavy atom. The second-order valence-electron chi connectivity index (χ2n) is 5.75. The standard InChI is InChI=1S/C18H19FN2O3/c1-21(11-18(22)20-14-8-6-13(19)7-9-14)10-15-12-23-16-4-2-3-5-17(16)24-15/h2-9,15H,10-12H2,1H3,(H,20,22). The number of nitrogens with zero attached hydrogens (tertiary/aromatic N) is 1. The van der Waals surface area contributed by atoms with Crippen molar-refractivity contribution in [1.82, 2.24) is 4.90 Å². The van der Waals surface area contributed by atoms with E-state index in [9.17, 15) is 9.18 Å². The lowest BCUT2D eigenvalue weighted by Gasteiger charge is -2.29. The van der Waals surface area contributed by atoms with Crippen LogP contribution in [0.1, 0.15) is 0 Å². The number of carbonyl (C=O) groups excluding carboxylic acids is 1. The van der Waals surface area contributed by atoms with Gasteiger partial charge in [0.15, 0.2) is 11.5 Å². The number of likely N-dealkylation sites (N-methyl/N-ethyl adjacent to an activating group) is 1. The van der Waals surface area contributed by atoms with Crippen LogP contribution in [0, 0.1) is 5.82 Å². The predicted octanol–water partition coefficient (Wildman–Crippen LogP) is 2.54. The number of carbonyl (C=O) groups is 1. The van der Waals surface area contributed by atoms with Gasteiger partial charge in [-0.15, -0.1) is 0 Å². The summed E-state index contributed by atoms with van der Waals surface area (Å²) in [6.45, 7) is 1.21. The van der Waals surface area contributed by atoms with Crippen LogP contribution in [0.25, 0.3) is 0 Å². The second kappa shape index (κ2) is 7.31. The molecular weight excluding hydrogens is 311 g/mol. The maximum Gasteiger partial charge on any atom is 0.238 e. The van der Waals surface area contributed by atoms with Crippen LogP contribution in [0.4, 0.5) is 10.1 Å². The summed E-state index contributed by atoms with van der Waals surface area (Å²) in [6.07, 6.45) is -0.136. The van der Waals surface area contributed by atoms with E-state index in [0.29, 0.717) is 18.8 Å². The molecule has 1 atom stereocenters. The van der Waals surface area contributed by atoms with Crippen molar-refractivity contribution in [2.24, 2.45) is 0 Å². The summed E-state index contributed by atoms with van der Waals surface area (Å²) in [5.74, 6) is 0.962. The van der Waals surface area contributed by atoms with Gasteiger partial charge in [-0.3, -0.25) is 9.69 Å². The molecule has 1 heterocycles. The molecule has 2 aromatic rings. The molecule has 1 amide bonds. The molecule has 5 nitrogen and oxygen atoms in total. The van der Waals surface area contributed by atoms with Crippen LogP contribution in [0.15, 0.2) is 48.5 Å². The average molecular weight is 330 g/mol. The minimum absolute atomic E-state index is 0.136. The van der Waals surface area contributed by atoms with Crippen molar-refractivity contribution in [3.63, 3.8) is 0 Å². The third-order valence-electron chi connectivity index (χ3n) is 3.62. The van der Waals surface area contributed by atoms with Gasteiger partial charge in [-0.2, -0.15) is 0 Å². The second-order valence-corrected chi connectivity index (χ2v) is 5.75. The largest absolute Gasteiger partial charge is 0.486 e. The molecule has 0 aliphatic carbocycles. The van der Waals surface area contributed by atoms with Crippen molar-refractivity contribution in [2.75, 3.05) is 32.1 Å². The number of rotatable bonds is 5. The van der Waals surface area contributed by atoms with E-state index in [1.54, 1.807) is 0 Å². The number of ether oxygens (including phenoxy) is 2. The molecule has 0 aromatic heterocycles. The number of anilines is 1. The van der Waals surface area contributed by atoms with Gasteiger partial charge in [0, 0.05) is 12.2 Å². The van der Waals surface area contributed by atoms with E-state index in [0.717, 1.165) is 11.5 Å². The Morgan fingerprint density at radius 3 is 2.67 bits per heavy atom. The van der Waals surface area contributed by atoms with Gasteiger partial charge in [0.2, 0.25) is 5.91 Å². The molecule has 1 unspecified atom stereocenters. The van der Waals surface area contributed by atoms with Crippen LogP contribution in [0.5, 0.6) is 11.5 Å². The average Bonchev–Trinajstić information content (AvgIpc) is 2.56. The molecule has 0 radical (unpaired) electrons. The number of hydrogen-bond acceptors (Lipinski definition) is 4. The normalized spacial score (nSPS) is 16.0. The molecule has 0 fully saturated rings. The van der Waals surface area contributed by atoms with E-state index in [-0.39, 0.29) is 24.4 Å². The minimum atomic E-state index is -0.333. The maximum atomic E-state index is 12.9. The topological polar surface area (TPSA) is 50.8 Å². The Morgan fingerprint density at radius 2 is 1.92 bits per heavy atom. The summed E-state index contributed by atoms with van der Waals surface area (Å²) in [6, 6.07) is 13.2. The van der Waals surface area contributed by atoms with Crippen molar-refractivity contribution >= 4 is 11.6 Å². The lowest BCUT2D eigenvalue weighted by molar-refractivity contribution is -0.117. The summed E-state index contributed by atoms with van der Waals surface area (Å²) in [5.41, 5.74) is 0.570. The number of para-hydroxylation sites is 2. The van der Waals surface area contributed by atoms with Crippen LogP contribution in [-0.4, -0.2) is 43.7 Å². The molecule has 0 saturated heterocycles. The number of fused-ring (bicyclic) bond motifs is 1. The van der Waals surface area contributed by atoms with Crippen LogP contribution in [0.3, 0.4) is 0 Å². The van der Waals surface area contributed by atoms with Gasteiger partial charge in [0.05, 0.1) is 6.54 Å². The summed E-state index contributed by atoms with van der Waals surface area (Å²) in [4.78, 5) is 13.9. The molecule has 1 N–H and O–H groups in total. The van der Waals surface area contributed by atoms with Crippen molar-refractivity contribution in [1.29, 1.82) is 0 Å². The van der Waals surface area contributed by atoms with Gasteiger partial charge in [-0.05, 0) is 43.4 Å². The van der Waals surface area contributed by atoms with Crippen LogP contribution in [-0.2, 0) is 4.79 Å². The first kappa shape index (κ1) is 16.3. The molecule has 2 aromatic carbocycles. The van der Waals surface area contributed by atoms with Gasteiger partial charge in [0.25, 0.3) is 0 Å². The third kappa shape index (κ3) is 4.23. The van der Waals surface area contributed by atoms with Gasteiger partial charge < -0.3 is 14.8 Å². The Hall–Kier alpha value is -2.60. The maximum absolute atomic E-state index is 12.9. The fourth-order valence-corrected chi connectivity index (χ4v) is 2.54. The molecular formula is C18H19FN2O3. The van der Waals surface area contributed by atoms with Crippen molar-refractivity contribution < 1.29 is 18.7 Å². The van der Waals surface area contributed by atoms with Gasteiger partial charge in [-0.1, -0.05) is 12.1 Å². The fourth-order valence-electron chi connectivity index (χ4n) is 2.54. The predicted molar refractivity (Wildman–Crippen MR) is 88.9 cm³/mol. The van der Waals surface area contributed by atoms with E-state index in [1.165, 1.54) is 24.3 Å². The van der Waals surface area contributed by atoms with E-state index >= 15 is 0 Å². The first-order chi connectivity index (χ1) is 11.6. The number of amides is 1. The molecule has 6 heteroatoms. The number of nitrogens with one attached hydrogen (secondary N) is 1. The van der Waals surface area contributed by atoms with Crippen molar-refractivity contribution in [2.45, 2.75) is 6.10 Å². The molecule has 1 aliphatic rings. The van der Waals surface area contributed by atoms with E-state index in [1.807, 2.05) is 36.2 Å². The first-order valence-corrected chi connectivity index (χ1v) is 7.72. The molecule has 1 aliphatic heterocycles. The Balaban J connectivity index is 1.48. The third-order valence-corrected chi connectivity index (χ3v) is 3.62. The number of benzene rings is 2. The summed E-state index contributed by atoms with van der Waals surface area (Å²) in [7, 11) is 1.84. The van der Waals surface area contributed by atoms with Crippen molar-refractivity contribution in [3.05, 3.63) is 54.3 Å². The highest BCUT2D eigenvalue weighted by Gasteiger charge is 2.22. The highest BCUT2D eigenvalue weighted by Crippen LogP contribution is 2.30. The zero-order valence-electron chi connectivity index (χ0n) is 13.4. The van der Waals surface area contributed by atoms with Crippen LogP contribution >= 0.6 is 0 Å². The van der Waals surface area contributed by atoms with E-state index in [4.69, 9.17) is 9.47 Å². The molecule has 0 bridgehead atoms. The van der Waals surface area contributed by atoms with Crippen molar-refractivity contribution in [3.8, 4) is 11.5 Å². The summed E-state index contributed by atoms with van der Waals surface area (Å²) < 4.78 is 24.4. The molecule has 126 valence electrons. The zero-order valence-corrected chi connectivity index (χ0v) is 13.4. The Kier molecular flexibility index (Phi) is 4.96. The van der Waals surface area contributed by atoms with Crippen LogP contribution < -0.4 is 14.8 Å². The van der Waals surface area contributed by atoms with Gasteiger partial charge in [-0.25, -0.2) is 4.39 Å². The zero-order chi connectivity index (χ0) is 16.9. The number of halogens is 1. The summed E-state index contributed by atoms with van der Waals surface area (Å²) in [5, 5.41) is 2.73. The molecule has 24 heavy (non-hydrogen) atoms. The first-order valence-electron chi connectivity index (χ1n) is 7.72. The van der Waals surface area contributed by atoms with Gasteiger partial charge in [0.1, 0.15) is 18.5 Å². The monoisotopic (exact) mass is 330 g/mol. The fraction of sp³-hybridized carbons (Fsp3) is 0.278. The Bertz CT molecular complexity index is 706. The highest BCUT2D eigenvalue weighted by molar-refractivity contribution is 5.92. The molecule has 0 spiro atoms. The lowest BCUT2D eigenvalue weighted by Crippen LogP contribution is -2.42. The molecule has 0 saturated carbocycles. The smallest absolute Gasteiger partial charge is 0.238 e. The highest BCUT2D eigenvalue weighted by atomic mass is 19.1. The van der Waals surface area contributed by atoms with Gasteiger partial charge >= 0.3 is 0 Å². The van der Waals surface area contributed by atoms with E-state index in [2.05, 4.69) is 5.32 Å². The lowest BCUT2D eigenvalue weighted by atomic mass is 10.2. The Labute approximate surface area is 140 Å². The quantitative estimate of drug-likeness (QED) is 0.915.